The maximum absolute atomic E-state index is 5.68. The van der Waals surface area contributed by atoms with Gasteiger partial charge >= 0.3 is 0 Å². The van der Waals surface area contributed by atoms with Crippen molar-refractivity contribution in [1.82, 2.24) is 15.2 Å². The first-order valence-electron chi connectivity index (χ1n) is 6.16. The molecular weight excluding hydrogens is 230 g/mol. The van der Waals surface area contributed by atoms with Crippen molar-refractivity contribution in [3.05, 3.63) is 18.0 Å². The number of aromatic nitrogens is 3. The second-order valence-electron chi connectivity index (χ2n) is 4.55. The SMILES string of the molecule is Cc1[nH]nc2nccc(N3CCOC(CN)C3)c12. The van der Waals surface area contributed by atoms with Crippen LogP contribution in [0.25, 0.3) is 11.0 Å². The van der Waals surface area contributed by atoms with Crippen molar-refractivity contribution in [3.63, 3.8) is 0 Å². The Bertz CT molecular complexity index is 552. The molecule has 0 aromatic carbocycles. The summed E-state index contributed by atoms with van der Waals surface area (Å²) in [6.45, 7) is 4.97. The summed E-state index contributed by atoms with van der Waals surface area (Å²) in [6.07, 6.45) is 1.90. The van der Waals surface area contributed by atoms with Gasteiger partial charge in [0, 0.05) is 31.5 Å². The van der Waals surface area contributed by atoms with E-state index >= 15 is 0 Å². The molecule has 6 nitrogen and oxygen atoms in total. The van der Waals surface area contributed by atoms with Crippen LogP contribution >= 0.6 is 0 Å². The number of aromatic amines is 1. The topological polar surface area (TPSA) is 80.1 Å². The molecule has 0 aliphatic carbocycles. The van der Waals surface area contributed by atoms with Gasteiger partial charge in [-0.1, -0.05) is 0 Å². The number of nitrogens with two attached hydrogens (primary N) is 1. The predicted molar refractivity (Wildman–Crippen MR) is 69.6 cm³/mol. The summed E-state index contributed by atoms with van der Waals surface area (Å²) in [4.78, 5) is 6.57. The van der Waals surface area contributed by atoms with Crippen LogP contribution in [0.2, 0.25) is 0 Å². The van der Waals surface area contributed by atoms with Gasteiger partial charge in [-0.15, -0.1) is 0 Å². The van der Waals surface area contributed by atoms with Crippen LogP contribution in [0.3, 0.4) is 0 Å². The smallest absolute Gasteiger partial charge is 0.183 e. The van der Waals surface area contributed by atoms with E-state index < -0.39 is 0 Å². The standard InChI is InChI=1S/C12H17N5O/c1-8-11-10(2-3-14-12(11)16-15-8)17-4-5-18-9(6-13)7-17/h2-3,9H,4-7,13H2,1H3,(H,14,15,16). The molecule has 2 aromatic heterocycles. The lowest BCUT2D eigenvalue weighted by Gasteiger charge is -2.34. The van der Waals surface area contributed by atoms with Crippen molar-refractivity contribution in [1.29, 1.82) is 0 Å². The largest absolute Gasteiger partial charge is 0.373 e. The molecule has 0 saturated carbocycles. The fourth-order valence-electron chi connectivity index (χ4n) is 2.42. The number of rotatable bonds is 2. The van der Waals surface area contributed by atoms with Gasteiger partial charge in [-0.2, -0.15) is 5.10 Å². The lowest BCUT2D eigenvalue weighted by Crippen LogP contribution is -2.45. The summed E-state index contributed by atoms with van der Waals surface area (Å²) < 4.78 is 5.60. The fraction of sp³-hybridized carbons (Fsp3) is 0.500. The number of aryl methyl sites for hydroxylation is 1. The summed E-state index contributed by atoms with van der Waals surface area (Å²) in [7, 11) is 0. The summed E-state index contributed by atoms with van der Waals surface area (Å²) >= 11 is 0. The normalized spacial score (nSPS) is 20.6. The van der Waals surface area contributed by atoms with Gasteiger partial charge < -0.3 is 15.4 Å². The number of fused-ring (bicyclic) bond motifs is 1. The zero-order valence-electron chi connectivity index (χ0n) is 10.4. The van der Waals surface area contributed by atoms with E-state index in [9.17, 15) is 0 Å². The molecule has 1 saturated heterocycles. The summed E-state index contributed by atoms with van der Waals surface area (Å²) in [5.41, 5.74) is 8.65. The molecule has 1 unspecified atom stereocenters. The first-order valence-corrected chi connectivity index (χ1v) is 6.16. The Labute approximate surface area is 105 Å². The number of nitrogens with one attached hydrogen (secondary N) is 1. The van der Waals surface area contributed by atoms with E-state index in [0.717, 1.165) is 35.5 Å². The summed E-state index contributed by atoms with van der Waals surface area (Å²) in [6, 6.07) is 2.03. The van der Waals surface area contributed by atoms with E-state index in [0.29, 0.717) is 13.2 Å². The third-order valence-electron chi connectivity index (χ3n) is 3.36. The molecule has 1 aliphatic heterocycles. The van der Waals surface area contributed by atoms with Gasteiger partial charge in [0.2, 0.25) is 0 Å². The van der Waals surface area contributed by atoms with Crippen LogP contribution in [0.5, 0.6) is 0 Å². The van der Waals surface area contributed by atoms with Gasteiger partial charge in [0.05, 0.1) is 23.8 Å². The van der Waals surface area contributed by atoms with Crippen molar-refractivity contribution in [2.24, 2.45) is 5.73 Å². The van der Waals surface area contributed by atoms with E-state index in [-0.39, 0.29) is 6.10 Å². The minimum Gasteiger partial charge on any atom is -0.373 e. The first kappa shape index (κ1) is 11.4. The molecule has 0 radical (unpaired) electrons. The Kier molecular flexibility index (Phi) is 2.89. The Morgan fingerprint density at radius 3 is 3.33 bits per heavy atom. The summed E-state index contributed by atoms with van der Waals surface area (Å²) in [5, 5.41) is 8.27. The third-order valence-corrected chi connectivity index (χ3v) is 3.36. The fourth-order valence-corrected chi connectivity index (χ4v) is 2.42. The van der Waals surface area contributed by atoms with Crippen molar-refractivity contribution in [3.8, 4) is 0 Å². The number of H-pyrrole nitrogens is 1. The predicted octanol–water partition coefficient (Wildman–Crippen LogP) is 0.430. The van der Waals surface area contributed by atoms with Crippen LogP contribution in [0, 0.1) is 6.92 Å². The lowest BCUT2D eigenvalue weighted by atomic mass is 10.2. The van der Waals surface area contributed by atoms with Gasteiger partial charge in [-0.25, -0.2) is 4.98 Å². The number of morpholine rings is 1. The molecule has 0 spiro atoms. The molecule has 3 rings (SSSR count). The number of ether oxygens (including phenoxy) is 1. The number of nitrogens with zero attached hydrogens (tertiary/aromatic N) is 3. The van der Waals surface area contributed by atoms with E-state index in [1.165, 1.54) is 0 Å². The highest BCUT2D eigenvalue weighted by Gasteiger charge is 2.22. The Balaban J connectivity index is 2.00. The summed E-state index contributed by atoms with van der Waals surface area (Å²) in [5.74, 6) is 0. The van der Waals surface area contributed by atoms with Gasteiger partial charge in [0.1, 0.15) is 0 Å². The Hall–Kier alpha value is -1.66. The lowest BCUT2D eigenvalue weighted by molar-refractivity contribution is 0.0466. The average Bonchev–Trinajstić information content (AvgIpc) is 2.81. The van der Waals surface area contributed by atoms with Crippen molar-refractivity contribution >= 4 is 16.7 Å². The molecule has 96 valence electrons. The zero-order chi connectivity index (χ0) is 12.5. The molecule has 0 amide bonds. The molecule has 18 heavy (non-hydrogen) atoms. The highest BCUT2D eigenvalue weighted by Crippen LogP contribution is 2.27. The maximum atomic E-state index is 5.68. The molecular formula is C12H17N5O. The van der Waals surface area contributed by atoms with Crippen LogP contribution in [0.15, 0.2) is 12.3 Å². The van der Waals surface area contributed by atoms with Gasteiger partial charge in [-0.3, -0.25) is 5.10 Å². The number of hydrogen-bond acceptors (Lipinski definition) is 5. The molecule has 1 aliphatic rings. The minimum absolute atomic E-state index is 0.106. The molecule has 6 heteroatoms. The molecule has 3 N–H and O–H groups in total. The van der Waals surface area contributed by atoms with Gasteiger partial charge in [0.15, 0.2) is 5.65 Å². The van der Waals surface area contributed by atoms with E-state index in [2.05, 4.69) is 20.1 Å². The van der Waals surface area contributed by atoms with E-state index in [1.54, 1.807) is 6.20 Å². The second-order valence-corrected chi connectivity index (χ2v) is 4.55. The third kappa shape index (κ3) is 1.83. The van der Waals surface area contributed by atoms with Gasteiger partial charge in [0.25, 0.3) is 0 Å². The molecule has 2 aromatic rings. The van der Waals surface area contributed by atoms with Crippen LogP contribution < -0.4 is 10.6 Å². The molecule has 3 heterocycles. The van der Waals surface area contributed by atoms with Crippen molar-refractivity contribution in [2.45, 2.75) is 13.0 Å². The maximum Gasteiger partial charge on any atom is 0.183 e. The van der Waals surface area contributed by atoms with E-state index in [1.807, 2.05) is 13.0 Å². The number of hydrogen-bond donors (Lipinski definition) is 2. The average molecular weight is 247 g/mol. The molecule has 1 atom stereocenters. The highest BCUT2D eigenvalue weighted by molar-refractivity contribution is 5.91. The Morgan fingerprint density at radius 1 is 1.61 bits per heavy atom. The molecule has 0 bridgehead atoms. The minimum atomic E-state index is 0.106. The number of anilines is 1. The number of pyridine rings is 1. The zero-order valence-corrected chi connectivity index (χ0v) is 10.4. The molecule has 1 fully saturated rings. The monoisotopic (exact) mass is 247 g/mol. The highest BCUT2D eigenvalue weighted by atomic mass is 16.5. The van der Waals surface area contributed by atoms with Crippen LogP contribution in [0.4, 0.5) is 5.69 Å². The first-order chi connectivity index (χ1) is 8.79. The van der Waals surface area contributed by atoms with Gasteiger partial charge in [-0.05, 0) is 13.0 Å². The van der Waals surface area contributed by atoms with Crippen molar-refractivity contribution in [2.75, 3.05) is 31.1 Å². The van der Waals surface area contributed by atoms with Crippen molar-refractivity contribution < 1.29 is 4.74 Å². The second kappa shape index (κ2) is 4.55. The quantitative estimate of drug-likeness (QED) is 0.804. The van der Waals surface area contributed by atoms with E-state index in [4.69, 9.17) is 10.5 Å². The van der Waals surface area contributed by atoms with Crippen LogP contribution in [-0.4, -0.2) is 47.5 Å². The van der Waals surface area contributed by atoms with Crippen LogP contribution in [-0.2, 0) is 4.74 Å². The Morgan fingerprint density at radius 2 is 2.50 bits per heavy atom. The van der Waals surface area contributed by atoms with Crippen LogP contribution in [0.1, 0.15) is 5.69 Å².